The van der Waals surface area contributed by atoms with Gasteiger partial charge in [-0.2, -0.15) is 5.10 Å². The van der Waals surface area contributed by atoms with Crippen LogP contribution in [0.5, 0.6) is 0 Å². The summed E-state index contributed by atoms with van der Waals surface area (Å²) in [5.74, 6) is 0.951. The lowest BCUT2D eigenvalue weighted by Crippen LogP contribution is -2.30. The summed E-state index contributed by atoms with van der Waals surface area (Å²) in [6.45, 7) is 1.93. The summed E-state index contributed by atoms with van der Waals surface area (Å²) < 4.78 is 16.7. The molecule has 0 saturated heterocycles. The zero-order valence-corrected chi connectivity index (χ0v) is 47.4. The van der Waals surface area contributed by atoms with E-state index < -0.39 is 0 Å². The molecule has 5 aromatic rings. The summed E-state index contributed by atoms with van der Waals surface area (Å²) in [6.07, 6.45) is 11.2. The van der Waals surface area contributed by atoms with Crippen LogP contribution in [0.3, 0.4) is 0 Å². The van der Waals surface area contributed by atoms with Crippen LogP contribution in [0.25, 0.3) is 5.65 Å². The van der Waals surface area contributed by atoms with E-state index in [4.69, 9.17) is 41.0 Å². The number of aliphatic imine (C=N–C) groups is 1. The number of ether oxygens (including phenoxy) is 2. The fourth-order valence-electron chi connectivity index (χ4n) is 2.89. The first kappa shape index (κ1) is 66.9. The topological polar surface area (TPSA) is 309 Å². The smallest absolute Gasteiger partial charge is 0.217 e. The van der Waals surface area contributed by atoms with Crippen molar-refractivity contribution in [1.82, 2.24) is 64.9 Å². The number of rotatable bonds is 7. The van der Waals surface area contributed by atoms with Crippen molar-refractivity contribution in [2.75, 3.05) is 61.9 Å². The molecule has 0 unspecified atom stereocenters. The molecule has 0 atom stereocenters. The zero-order valence-electron chi connectivity index (χ0n) is 33.9. The normalized spacial score (nSPS) is 9.77. The van der Waals surface area contributed by atoms with Crippen molar-refractivity contribution in [2.24, 2.45) is 10.1 Å². The number of hydrogen-bond donors (Lipinski definition) is 7. The quantitative estimate of drug-likeness (QED) is 0.0278. The van der Waals surface area contributed by atoms with E-state index >= 15 is 0 Å². The minimum atomic E-state index is -0.213. The van der Waals surface area contributed by atoms with Crippen LogP contribution in [0.4, 0.5) is 11.6 Å². The van der Waals surface area contributed by atoms with Crippen LogP contribution >= 0.6 is 140 Å². The average molecular weight is 1420 g/mol. The fourth-order valence-corrected chi connectivity index (χ4v) is 5.34. The molecule has 0 bridgehead atoms. The Morgan fingerprint density at radius 1 is 0.806 bits per heavy atom. The number of aliphatic hydroxyl groups is 2. The van der Waals surface area contributed by atoms with Crippen LogP contribution < -0.4 is 11.4 Å². The Labute approximate surface area is 432 Å². The number of oxime groups is 1. The summed E-state index contributed by atoms with van der Waals surface area (Å²) in [5, 5.41) is 43.3. The molecule has 0 radical (unpaired) electrons. The maximum absolute atomic E-state index is 8.18. The van der Waals surface area contributed by atoms with Crippen LogP contribution in [0.15, 0.2) is 78.1 Å². The number of nitrogens with one attached hydrogen (secondary N) is 1. The van der Waals surface area contributed by atoms with Crippen LogP contribution in [0.1, 0.15) is 14.0 Å². The highest BCUT2D eigenvalue weighted by molar-refractivity contribution is 9.11. The van der Waals surface area contributed by atoms with Crippen molar-refractivity contribution in [1.29, 1.82) is 0 Å². The Bertz CT molecular complexity index is 1930. The predicted molar refractivity (Wildman–Crippen MR) is 267 cm³/mol. The second-order valence-electron chi connectivity index (χ2n) is 9.84. The molecule has 0 aliphatic rings. The summed E-state index contributed by atoms with van der Waals surface area (Å²) in [6, 6.07) is 0. The van der Waals surface area contributed by atoms with Crippen LogP contribution in [-0.4, -0.2) is 160 Å². The highest BCUT2D eigenvalue weighted by Gasteiger charge is 2.06. The van der Waals surface area contributed by atoms with E-state index in [9.17, 15) is 0 Å². The van der Waals surface area contributed by atoms with E-state index in [0.29, 0.717) is 55.9 Å². The Hall–Kier alpha value is -1.66. The van der Waals surface area contributed by atoms with Crippen LogP contribution in [0.2, 0.25) is 0 Å². The van der Waals surface area contributed by atoms with Gasteiger partial charge in [-0.25, -0.2) is 49.4 Å². The van der Waals surface area contributed by atoms with Crippen molar-refractivity contribution in [3.63, 3.8) is 0 Å². The van der Waals surface area contributed by atoms with Crippen molar-refractivity contribution < 1.29 is 36.7 Å². The number of fused-ring (bicyclic) bond motifs is 1. The van der Waals surface area contributed by atoms with Crippen LogP contribution in [0, 0.1) is 0 Å². The van der Waals surface area contributed by atoms with Gasteiger partial charge in [0.15, 0.2) is 26.5 Å². The lowest BCUT2D eigenvalue weighted by molar-refractivity contribution is -0.179. The van der Waals surface area contributed by atoms with Gasteiger partial charge in [0.1, 0.15) is 33.9 Å². The molecule has 5 rings (SSSR count). The molecule has 0 aliphatic heterocycles. The molecule has 0 aliphatic carbocycles. The van der Waals surface area contributed by atoms with Gasteiger partial charge in [0, 0.05) is 56.1 Å². The number of aromatic nitrogens is 10. The second-order valence-corrected chi connectivity index (χ2v) is 16.1. The standard InChI is InChI=1S/C7H8Br2N4.C6H5Br2N3O.C5H2Br2N4.C5H13NO2.C4H3Br2N3.C2H6O.CH4O.ClH.H3NO2.H2/c1-13(2)4-11-7-6(9)10-3-5(8)12-7;7-5-3-9-6(8)4(11-5)1-2-10-12;6-3-1-8-4(7)5-9-2-10-11(3)5;1-6(2)5(7-3)8-4;5-2-1-8-3(6)4(7)9-2;1-2-3;1-2;;2-1-3;/h3-4H,1-2H3;2-3,12H,1H2;1-2H;5H,1-4H3;1H,(H2,7,9);3H,2H2,1H3;2H,1H3;1H;1-3H;1H/b;10-2+;;;;;;;;/i;;;;;;;;;1+1. The number of anilines is 1. The average Bonchev–Trinajstić information content (AvgIpc) is 3.73. The third-order valence-corrected chi connectivity index (χ3v) is 9.07. The molecule has 62 heavy (non-hydrogen) atoms. The van der Waals surface area contributed by atoms with E-state index in [1.54, 1.807) is 56.8 Å². The number of halogens is 9. The minimum absolute atomic E-state index is 0. The SMILES string of the molecule is Brc1ncc(Br)n2ncnc12.CCO.CN(C)C=Nc1nc(Br)cnc1Br.CO.COC(OC)N(C)C.Cl.Nc1nc(Br)cnc1Br.O/N=C/Cc1nc(Br)cnc1Br.ONO.[2HH]. The lowest BCUT2D eigenvalue weighted by Gasteiger charge is -2.19. The summed E-state index contributed by atoms with van der Waals surface area (Å²) >= 11 is 25.7. The molecule has 5 aromatic heterocycles. The Kier molecular flexibility index (Phi) is 45.4. The summed E-state index contributed by atoms with van der Waals surface area (Å²) in [7, 11) is 11.8. The first-order valence-corrected chi connectivity index (χ1v) is 22.2. The zero-order chi connectivity index (χ0) is 47.5. The number of nitrogen functional groups attached to an aromatic ring is 1. The molecule has 0 spiro atoms. The van der Waals surface area contributed by atoms with E-state index in [1.165, 1.54) is 12.5 Å². The van der Waals surface area contributed by atoms with Crippen molar-refractivity contribution in [3.8, 4) is 0 Å². The highest BCUT2D eigenvalue weighted by atomic mass is 79.9. The monoisotopic (exact) mass is 1410 g/mol. The lowest BCUT2D eigenvalue weighted by atomic mass is 10.3. The molecule has 0 saturated carbocycles. The Balaban J connectivity index is -0.000000213. The van der Waals surface area contributed by atoms with E-state index in [1.807, 2.05) is 38.0 Å². The van der Waals surface area contributed by atoms with Gasteiger partial charge in [-0.15, -0.1) is 17.6 Å². The number of nitrogens with two attached hydrogens (primary N) is 1. The fraction of sp³-hybridized carbons (Fsp3) is 0.367. The van der Waals surface area contributed by atoms with Gasteiger partial charge in [-0.3, -0.25) is 15.3 Å². The Morgan fingerprint density at radius 2 is 1.27 bits per heavy atom. The molecular formula is C30H47Br8ClN16O7. The van der Waals surface area contributed by atoms with Gasteiger partial charge in [0.2, 0.25) is 6.41 Å². The maximum Gasteiger partial charge on any atom is 0.217 e. The first-order chi connectivity index (χ1) is 28.9. The van der Waals surface area contributed by atoms with E-state index in [2.05, 4.69) is 183 Å². The first-order valence-electron chi connectivity index (χ1n) is 15.8. The largest absolute Gasteiger partial charge is 0.411 e. The molecule has 352 valence electrons. The second kappa shape index (κ2) is 42.0. The Morgan fingerprint density at radius 3 is 1.69 bits per heavy atom. The third kappa shape index (κ3) is 32.1. The van der Waals surface area contributed by atoms with Gasteiger partial charge in [-0.1, -0.05) is 5.64 Å². The summed E-state index contributed by atoms with van der Waals surface area (Å²) in [5.41, 5.74) is 7.55. The summed E-state index contributed by atoms with van der Waals surface area (Å²) in [4.78, 5) is 39.8. The number of aliphatic hydroxyl groups excluding tert-OH is 2. The van der Waals surface area contributed by atoms with Gasteiger partial charge in [-0.05, 0) is 148 Å². The molecule has 8 N–H and O–H groups in total. The van der Waals surface area contributed by atoms with E-state index in [-0.39, 0.29) is 26.9 Å². The number of hydrogen-bond acceptors (Lipinski definition) is 21. The van der Waals surface area contributed by atoms with Crippen LogP contribution in [-0.2, 0) is 15.9 Å². The van der Waals surface area contributed by atoms with Gasteiger partial charge in [0.25, 0.3) is 0 Å². The molecular weight excluding hydrogens is 1370 g/mol. The van der Waals surface area contributed by atoms with Crippen molar-refractivity contribution in [2.45, 2.75) is 19.8 Å². The minimum Gasteiger partial charge on any atom is -0.411 e. The molecule has 5 heterocycles. The molecule has 0 fully saturated rings. The molecule has 0 amide bonds. The number of methoxy groups -OCH3 is 2. The highest BCUT2D eigenvalue weighted by Crippen LogP contribution is 2.22. The van der Waals surface area contributed by atoms with Crippen molar-refractivity contribution in [3.05, 3.63) is 73.6 Å². The molecule has 0 aromatic carbocycles. The third-order valence-electron chi connectivity index (χ3n) is 4.99. The molecule has 23 nitrogen and oxygen atoms in total. The van der Waals surface area contributed by atoms with Gasteiger partial charge < -0.3 is 35.5 Å². The number of nitrogens with zero attached hydrogens (tertiary/aromatic N) is 14. The van der Waals surface area contributed by atoms with E-state index in [0.717, 1.165) is 23.1 Å². The molecule has 32 heteroatoms. The van der Waals surface area contributed by atoms with Crippen molar-refractivity contribution >= 4 is 170 Å². The van der Waals surface area contributed by atoms with Gasteiger partial charge in [0.05, 0.1) is 36.8 Å². The van der Waals surface area contributed by atoms with Gasteiger partial charge >= 0.3 is 0 Å². The maximum atomic E-state index is 8.18. The predicted octanol–water partition coefficient (Wildman–Crippen LogP) is 7.21.